The van der Waals surface area contributed by atoms with Crippen LogP contribution in [0.3, 0.4) is 0 Å². The second-order valence-electron chi connectivity index (χ2n) is 7.73. The summed E-state index contributed by atoms with van der Waals surface area (Å²) in [6, 6.07) is 7.96. The molecule has 2 atom stereocenters. The maximum atomic E-state index is 12.0. The topological polar surface area (TPSA) is 67.6 Å². The fraction of sp³-hybridized carbons (Fsp3) is 0.632. The van der Waals surface area contributed by atoms with Gasteiger partial charge < -0.3 is 10.6 Å². The fourth-order valence-electron chi connectivity index (χ4n) is 3.90. The number of nitrogens with two attached hydrogens (primary N) is 1. The molecule has 0 spiro atoms. The molecule has 0 bridgehead atoms. The van der Waals surface area contributed by atoms with E-state index in [0.29, 0.717) is 5.92 Å². The van der Waals surface area contributed by atoms with E-state index >= 15 is 0 Å². The van der Waals surface area contributed by atoms with Crippen LogP contribution in [-0.4, -0.2) is 35.5 Å². The third-order valence-corrected chi connectivity index (χ3v) is 6.03. The molecule has 3 rings (SSSR count). The second kappa shape index (κ2) is 7.62. The minimum atomic E-state index is -0.916. The van der Waals surface area contributed by atoms with Gasteiger partial charge in [-0.2, -0.15) is 0 Å². The molecule has 0 aliphatic carbocycles. The number of nitrogens with zero attached hydrogens (tertiary/aromatic N) is 1. The largest absolute Gasteiger partial charge is 0.369 e. The summed E-state index contributed by atoms with van der Waals surface area (Å²) in [7, 11) is 0. The third-order valence-electron chi connectivity index (χ3n) is 5.78. The molecule has 3 N–H and O–H groups in total. The van der Waals surface area contributed by atoms with Crippen LogP contribution >= 0.6 is 11.6 Å². The van der Waals surface area contributed by atoms with Gasteiger partial charge in [0.1, 0.15) is 5.54 Å². The van der Waals surface area contributed by atoms with Crippen molar-refractivity contribution >= 4 is 17.6 Å². The molecule has 5 nitrogen and oxygen atoms in total. The Kier molecular flexibility index (Phi) is 5.68. The van der Waals surface area contributed by atoms with E-state index in [9.17, 15) is 4.79 Å². The molecule has 25 heavy (non-hydrogen) atoms. The van der Waals surface area contributed by atoms with Gasteiger partial charge in [0.05, 0.1) is 6.04 Å². The summed E-state index contributed by atoms with van der Waals surface area (Å²) in [5.74, 6) is 0.285. The first-order valence-corrected chi connectivity index (χ1v) is 9.50. The number of hydrogen-bond donors (Lipinski definition) is 2. The molecular formula is C19H28ClN3O2. The van der Waals surface area contributed by atoms with Gasteiger partial charge in [0.2, 0.25) is 0 Å². The zero-order valence-electron chi connectivity index (χ0n) is 15.0. The molecule has 0 saturated carbocycles. The number of rotatable bonds is 5. The Labute approximate surface area is 154 Å². The smallest absolute Gasteiger partial charge is 0.346 e. The monoisotopic (exact) mass is 365 g/mol. The number of hydroxylamine groups is 1. The molecule has 0 amide bonds. The van der Waals surface area contributed by atoms with Gasteiger partial charge in [-0.15, -0.1) is 5.48 Å². The molecule has 138 valence electrons. The Morgan fingerprint density at radius 2 is 1.96 bits per heavy atom. The lowest BCUT2D eigenvalue weighted by atomic mass is 9.76. The number of piperidine rings is 1. The summed E-state index contributed by atoms with van der Waals surface area (Å²) < 4.78 is 0. The van der Waals surface area contributed by atoms with Crippen LogP contribution in [0.2, 0.25) is 5.02 Å². The van der Waals surface area contributed by atoms with Crippen LogP contribution in [0.15, 0.2) is 24.3 Å². The maximum absolute atomic E-state index is 12.0. The molecule has 2 heterocycles. The third kappa shape index (κ3) is 4.00. The van der Waals surface area contributed by atoms with Gasteiger partial charge in [-0.3, -0.25) is 4.90 Å². The SMILES string of the molecule is CC(C)C1(N)C(=O)ONC1CC1CCN(Cc2ccc(Cl)cc2)CC1. The first-order valence-electron chi connectivity index (χ1n) is 9.12. The average Bonchev–Trinajstić information content (AvgIpc) is 2.88. The van der Waals surface area contributed by atoms with Crippen molar-refractivity contribution in [3.8, 4) is 0 Å². The van der Waals surface area contributed by atoms with E-state index in [-0.39, 0.29) is 17.9 Å². The summed E-state index contributed by atoms with van der Waals surface area (Å²) in [5.41, 5.74) is 9.65. The highest BCUT2D eigenvalue weighted by Crippen LogP contribution is 2.32. The van der Waals surface area contributed by atoms with E-state index in [0.717, 1.165) is 43.9 Å². The first-order chi connectivity index (χ1) is 11.9. The van der Waals surface area contributed by atoms with Crippen LogP contribution in [0.5, 0.6) is 0 Å². The molecule has 6 heteroatoms. The number of carbonyl (C=O) groups excluding carboxylic acids is 1. The van der Waals surface area contributed by atoms with Crippen LogP contribution in [-0.2, 0) is 16.2 Å². The van der Waals surface area contributed by atoms with E-state index < -0.39 is 5.54 Å². The van der Waals surface area contributed by atoms with Crippen molar-refractivity contribution in [1.82, 2.24) is 10.4 Å². The Morgan fingerprint density at radius 3 is 2.56 bits per heavy atom. The first kappa shape index (κ1) is 18.6. The van der Waals surface area contributed by atoms with Crippen LogP contribution in [0.4, 0.5) is 0 Å². The summed E-state index contributed by atoms with van der Waals surface area (Å²) in [5, 5.41) is 0.777. The molecular weight excluding hydrogens is 338 g/mol. The molecule has 2 aliphatic heterocycles. The van der Waals surface area contributed by atoms with Crippen molar-refractivity contribution in [1.29, 1.82) is 0 Å². The van der Waals surface area contributed by atoms with Crippen molar-refractivity contribution in [3.63, 3.8) is 0 Å². The van der Waals surface area contributed by atoms with Crippen LogP contribution in [0.1, 0.15) is 38.7 Å². The van der Waals surface area contributed by atoms with Crippen molar-refractivity contribution in [2.45, 2.75) is 51.2 Å². The molecule has 2 saturated heterocycles. The van der Waals surface area contributed by atoms with E-state index in [1.165, 1.54) is 5.56 Å². The van der Waals surface area contributed by atoms with Crippen molar-refractivity contribution in [2.75, 3.05) is 13.1 Å². The Bertz CT molecular complexity index is 599. The summed E-state index contributed by atoms with van der Waals surface area (Å²) in [6.07, 6.45) is 3.12. The highest BCUT2D eigenvalue weighted by atomic mass is 35.5. The molecule has 1 aromatic rings. The maximum Gasteiger partial charge on any atom is 0.346 e. The lowest BCUT2D eigenvalue weighted by Gasteiger charge is -2.36. The number of hydrogen-bond acceptors (Lipinski definition) is 5. The fourth-order valence-corrected chi connectivity index (χ4v) is 4.02. The number of benzene rings is 1. The van der Waals surface area contributed by atoms with E-state index in [4.69, 9.17) is 22.2 Å². The number of halogens is 1. The Hall–Kier alpha value is -1.14. The van der Waals surface area contributed by atoms with Gasteiger partial charge in [-0.1, -0.05) is 37.6 Å². The number of likely N-dealkylation sites (tertiary alicyclic amines) is 1. The zero-order valence-corrected chi connectivity index (χ0v) is 15.8. The summed E-state index contributed by atoms with van der Waals surface area (Å²) in [4.78, 5) is 19.6. The molecule has 1 aromatic carbocycles. The van der Waals surface area contributed by atoms with Crippen LogP contribution in [0.25, 0.3) is 0 Å². The van der Waals surface area contributed by atoms with E-state index in [1.54, 1.807) is 0 Å². The van der Waals surface area contributed by atoms with Crippen molar-refractivity contribution in [2.24, 2.45) is 17.6 Å². The van der Waals surface area contributed by atoms with Gasteiger partial charge in [-0.05, 0) is 61.9 Å². The molecule has 0 aromatic heterocycles. The van der Waals surface area contributed by atoms with E-state index in [1.807, 2.05) is 26.0 Å². The van der Waals surface area contributed by atoms with Crippen molar-refractivity contribution < 1.29 is 9.63 Å². The van der Waals surface area contributed by atoms with Gasteiger partial charge in [-0.25, -0.2) is 4.79 Å². The molecule has 2 fully saturated rings. The van der Waals surface area contributed by atoms with Gasteiger partial charge in [0.15, 0.2) is 0 Å². The Morgan fingerprint density at radius 1 is 1.32 bits per heavy atom. The van der Waals surface area contributed by atoms with Gasteiger partial charge in [0, 0.05) is 11.6 Å². The van der Waals surface area contributed by atoms with Crippen molar-refractivity contribution in [3.05, 3.63) is 34.9 Å². The number of carbonyl (C=O) groups is 1. The second-order valence-corrected chi connectivity index (χ2v) is 8.17. The standard InChI is InChI=1S/C19H28ClN3O2/c1-13(2)19(21)17(22-25-18(19)24)11-14-7-9-23(10-8-14)12-15-3-5-16(20)6-4-15/h3-6,13-14,17,22H,7-12,21H2,1-2H3. The average molecular weight is 366 g/mol. The highest BCUT2D eigenvalue weighted by molar-refractivity contribution is 6.30. The van der Waals surface area contributed by atoms with Gasteiger partial charge >= 0.3 is 5.97 Å². The summed E-state index contributed by atoms with van der Waals surface area (Å²) >= 11 is 5.95. The minimum Gasteiger partial charge on any atom is -0.369 e. The molecule has 0 radical (unpaired) electrons. The quantitative estimate of drug-likeness (QED) is 0.839. The lowest BCUT2D eigenvalue weighted by Crippen LogP contribution is -2.59. The number of nitrogens with one attached hydrogen (secondary N) is 1. The highest BCUT2D eigenvalue weighted by Gasteiger charge is 2.52. The van der Waals surface area contributed by atoms with Crippen LogP contribution in [0, 0.1) is 11.8 Å². The molecule has 2 aliphatic rings. The molecule has 2 unspecified atom stereocenters. The predicted molar refractivity (Wildman–Crippen MR) is 98.8 cm³/mol. The zero-order chi connectivity index (χ0) is 18.0. The van der Waals surface area contributed by atoms with Gasteiger partial charge in [0.25, 0.3) is 0 Å². The predicted octanol–water partition coefficient (Wildman–Crippen LogP) is 2.73. The minimum absolute atomic E-state index is 0.0463. The summed E-state index contributed by atoms with van der Waals surface area (Å²) in [6.45, 7) is 7.05. The Balaban J connectivity index is 1.51. The van der Waals surface area contributed by atoms with Crippen LogP contribution < -0.4 is 11.2 Å². The van der Waals surface area contributed by atoms with E-state index in [2.05, 4.69) is 22.5 Å². The normalized spacial score (nSPS) is 28.5. The lowest BCUT2D eigenvalue weighted by molar-refractivity contribution is -0.147.